The topological polar surface area (TPSA) is 121 Å². The Labute approximate surface area is 140 Å². The largest absolute Gasteiger partial charge is 0.473 e. The highest BCUT2D eigenvalue weighted by atomic mass is 16.6. The van der Waals surface area contributed by atoms with Gasteiger partial charge in [0.1, 0.15) is 0 Å². The number of carboxylic acids is 2. The minimum absolute atomic E-state index is 0.168. The maximum absolute atomic E-state index is 10.5. The molecule has 8 heteroatoms. The molecular weight excluding hydrogens is 316 g/mol. The van der Waals surface area contributed by atoms with Gasteiger partial charge in [0.05, 0.1) is 4.92 Å². The average molecular weight is 340 g/mol. The molecule has 0 bridgehead atoms. The molecule has 1 aromatic carbocycles. The van der Waals surface area contributed by atoms with Crippen LogP contribution >= 0.6 is 0 Å². The Morgan fingerprint density at radius 2 is 1.54 bits per heavy atom. The van der Waals surface area contributed by atoms with Gasteiger partial charge < -0.3 is 15.1 Å². The molecule has 0 spiro atoms. The number of carbonyl (C=O) groups is 2. The number of rotatable bonds is 8. The van der Waals surface area contributed by atoms with Gasteiger partial charge in [0.15, 0.2) is 0 Å². The third kappa shape index (κ3) is 9.52. The van der Waals surface area contributed by atoms with Crippen LogP contribution in [0.25, 0.3) is 0 Å². The number of nitro groups is 1. The third-order valence-corrected chi connectivity index (χ3v) is 3.41. The number of unbranched alkanes of at least 4 members (excludes halogenated alkanes) is 1. The molecule has 0 aliphatic rings. The summed E-state index contributed by atoms with van der Waals surface area (Å²) < 4.78 is 0. The molecule has 134 valence electrons. The molecule has 0 fully saturated rings. The van der Waals surface area contributed by atoms with Crippen LogP contribution < -0.4 is 0 Å². The second-order valence-corrected chi connectivity index (χ2v) is 5.02. The Hall–Kier alpha value is -2.48. The van der Waals surface area contributed by atoms with Crippen molar-refractivity contribution >= 4 is 17.6 Å². The molecule has 0 radical (unpaired) electrons. The summed E-state index contributed by atoms with van der Waals surface area (Å²) in [5.74, 6) is -3.65. The lowest BCUT2D eigenvalue weighted by molar-refractivity contribution is -0.384. The number of non-ortho nitro benzene ring substituents is 1. The van der Waals surface area contributed by atoms with E-state index < -0.39 is 11.9 Å². The zero-order valence-electron chi connectivity index (χ0n) is 14.0. The fraction of sp³-hybridized carbons (Fsp3) is 0.500. The van der Waals surface area contributed by atoms with E-state index >= 15 is 0 Å². The summed E-state index contributed by atoms with van der Waals surface area (Å²) in [6, 6.07) is 6.88. The van der Waals surface area contributed by atoms with Gasteiger partial charge in [-0.2, -0.15) is 0 Å². The first-order chi connectivity index (χ1) is 11.3. The highest BCUT2D eigenvalue weighted by Gasteiger charge is 2.04. The van der Waals surface area contributed by atoms with Crippen LogP contribution in [-0.2, 0) is 16.0 Å². The number of aliphatic carboxylic acids is 2. The number of nitrogens with zero attached hydrogens (tertiary/aromatic N) is 2. The molecule has 24 heavy (non-hydrogen) atoms. The highest BCUT2D eigenvalue weighted by molar-refractivity contribution is 6.27. The average Bonchev–Trinajstić information content (AvgIpc) is 2.56. The van der Waals surface area contributed by atoms with Crippen LogP contribution in [0.3, 0.4) is 0 Å². The van der Waals surface area contributed by atoms with E-state index in [1.54, 1.807) is 12.1 Å². The summed E-state index contributed by atoms with van der Waals surface area (Å²) in [5, 5.41) is 25.3. The van der Waals surface area contributed by atoms with Crippen molar-refractivity contribution in [2.75, 3.05) is 19.6 Å². The van der Waals surface area contributed by atoms with Crippen molar-refractivity contribution in [3.63, 3.8) is 0 Å². The Balaban J connectivity index is 0.000000754. The van der Waals surface area contributed by atoms with E-state index in [1.807, 2.05) is 12.1 Å². The lowest BCUT2D eigenvalue weighted by Gasteiger charge is -2.17. The van der Waals surface area contributed by atoms with Gasteiger partial charge >= 0.3 is 11.9 Å². The van der Waals surface area contributed by atoms with Crippen molar-refractivity contribution in [3.05, 3.63) is 39.9 Å². The first kappa shape index (κ1) is 21.5. The number of nitro benzene ring substituents is 1. The van der Waals surface area contributed by atoms with Gasteiger partial charge in [-0.1, -0.05) is 26.0 Å². The smallest absolute Gasteiger partial charge is 0.414 e. The zero-order valence-corrected chi connectivity index (χ0v) is 14.0. The maximum atomic E-state index is 10.5. The van der Waals surface area contributed by atoms with Gasteiger partial charge in [0.2, 0.25) is 0 Å². The molecule has 0 amide bonds. The molecule has 0 unspecified atom stereocenters. The van der Waals surface area contributed by atoms with Crippen LogP contribution in [-0.4, -0.2) is 51.6 Å². The molecule has 0 heterocycles. The number of carboxylic acid groups (broad SMARTS) is 2. The van der Waals surface area contributed by atoms with Crippen molar-refractivity contribution in [2.24, 2.45) is 0 Å². The summed E-state index contributed by atoms with van der Waals surface area (Å²) in [4.78, 5) is 30.8. The second kappa shape index (κ2) is 12.0. The lowest BCUT2D eigenvalue weighted by Crippen LogP contribution is -2.23. The molecule has 0 aliphatic heterocycles. The molecule has 1 aromatic rings. The minimum Gasteiger partial charge on any atom is -0.473 e. The predicted molar refractivity (Wildman–Crippen MR) is 89.1 cm³/mol. The number of aryl methyl sites for hydroxylation is 1. The van der Waals surface area contributed by atoms with Gasteiger partial charge in [0, 0.05) is 12.1 Å². The van der Waals surface area contributed by atoms with E-state index in [0.29, 0.717) is 0 Å². The van der Waals surface area contributed by atoms with E-state index in [1.165, 1.54) is 12.0 Å². The molecule has 0 aromatic heterocycles. The first-order valence-corrected chi connectivity index (χ1v) is 7.73. The quantitative estimate of drug-likeness (QED) is 0.322. The van der Waals surface area contributed by atoms with E-state index in [-0.39, 0.29) is 10.6 Å². The van der Waals surface area contributed by atoms with Gasteiger partial charge in [-0.15, -0.1) is 0 Å². The molecular formula is C16H24N2O6. The SMILES string of the molecule is CCN(CC)CCCCc1ccc([N+](=O)[O-])cc1.O=C(O)C(=O)O. The summed E-state index contributed by atoms with van der Waals surface area (Å²) in [7, 11) is 0. The fourth-order valence-corrected chi connectivity index (χ4v) is 1.99. The number of hydrogen-bond donors (Lipinski definition) is 2. The summed E-state index contributed by atoms with van der Waals surface area (Å²) in [6.07, 6.45) is 3.31. The summed E-state index contributed by atoms with van der Waals surface area (Å²) in [5.41, 5.74) is 1.35. The van der Waals surface area contributed by atoms with E-state index in [2.05, 4.69) is 18.7 Å². The zero-order chi connectivity index (χ0) is 18.5. The number of benzene rings is 1. The van der Waals surface area contributed by atoms with Crippen LogP contribution in [0.2, 0.25) is 0 Å². The third-order valence-electron chi connectivity index (χ3n) is 3.41. The molecule has 0 atom stereocenters. The van der Waals surface area contributed by atoms with E-state index in [0.717, 1.165) is 32.5 Å². The highest BCUT2D eigenvalue weighted by Crippen LogP contribution is 2.13. The Morgan fingerprint density at radius 3 is 1.92 bits per heavy atom. The van der Waals surface area contributed by atoms with Crippen LogP contribution in [0.15, 0.2) is 24.3 Å². The van der Waals surface area contributed by atoms with Crippen LogP contribution in [0.1, 0.15) is 32.3 Å². The predicted octanol–water partition coefficient (Wildman–Crippen LogP) is 2.41. The Morgan fingerprint density at radius 1 is 1.04 bits per heavy atom. The van der Waals surface area contributed by atoms with Crippen LogP contribution in [0, 0.1) is 10.1 Å². The monoisotopic (exact) mass is 340 g/mol. The van der Waals surface area contributed by atoms with Crippen molar-refractivity contribution in [2.45, 2.75) is 33.1 Å². The Kier molecular flexibility index (Phi) is 10.8. The van der Waals surface area contributed by atoms with E-state index in [4.69, 9.17) is 19.8 Å². The summed E-state index contributed by atoms with van der Waals surface area (Å²) >= 11 is 0. The first-order valence-electron chi connectivity index (χ1n) is 7.73. The Bertz CT molecular complexity index is 514. The normalized spacial score (nSPS) is 9.96. The molecule has 0 saturated carbocycles. The minimum atomic E-state index is -1.82. The van der Waals surface area contributed by atoms with Gasteiger partial charge in [-0.05, 0) is 44.5 Å². The standard InChI is InChI=1S/C14H22N2O2.C2H2O4/c1-3-15(4-2)12-6-5-7-13-8-10-14(11-9-13)16(17)18;3-1(4)2(5)6/h8-11H,3-7,12H2,1-2H3;(H,3,4)(H,5,6). The molecule has 2 N–H and O–H groups in total. The molecule has 8 nitrogen and oxygen atoms in total. The lowest BCUT2D eigenvalue weighted by atomic mass is 10.1. The van der Waals surface area contributed by atoms with Crippen LogP contribution in [0.4, 0.5) is 5.69 Å². The van der Waals surface area contributed by atoms with Crippen molar-refractivity contribution in [3.8, 4) is 0 Å². The molecule has 0 saturated heterocycles. The van der Waals surface area contributed by atoms with Crippen LogP contribution in [0.5, 0.6) is 0 Å². The number of hydrogen-bond acceptors (Lipinski definition) is 5. The fourth-order valence-electron chi connectivity index (χ4n) is 1.99. The van der Waals surface area contributed by atoms with Crippen molar-refractivity contribution in [1.82, 2.24) is 4.90 Å². The molecule has 1 rings (SSSR count). The van der Waals surface area contributed by atoms with Gasteiger partial charge in [-0.3, -0.25) is 10.1 Å². The van der Waals surface area contributed by atoms with Gasteiger partial charge in [-0.25, -0.2) is 9.59 Å². The van der Waals surface area contributed by atoms with E-state index in [9.17, 15) is 10.1 Å². The van der Waals surface area contributed by atoms with Crippen molar-refractivity contribution in [1.29, 1.82) is 0 Å². The maximum Gasteiger partial charge on any atom is 0.414 e. The van der Waals surface area contributed by atoms with Crippen molar-refractivity contribution < 1.29 is 24.7 Å². The molecule has 0 aliphatic carbocycles. The summed E-state index contributed by atoms with van der Waals surface area (Å²) in [6.45, 7) is 7.71. The second-order valence-electron chi connectivity index (χ2n) is 5.02. The van der Waals surface area contributed by atoms with Gasteiger partial charge in [0.25, 0.3) is 5.69 Å².